The first-order valence-corrected chi connectivity index (χ1v) is 10.6. The average Bonchev–Trinajstić information content (AvgIpc) is 3.37. The third kappa shape index (κ3) is 4.23. The Morgan fingerprint density at radius 2 is 1.88 bits per heavy atom. The van der Waals surface area contributed by atoms with Gasteiger partial charge in [0, 0.05) is 18.5 Å². The Kier molecular flexibility index (Phi) is 5.38. The number of nitrogens with one attached hydrogen (secondary N) is 2. The normalized spacial score (nSPS) is 11.2. The largest absolute Gasteiger partial charge is 0.489 e. The minimum atomic E-state index is -0.389. The van der Waals surface area contributed by atoms with E-state index in [2.05, 4.69) is 20.3 Å². The smallest absolute Gasteiger partial charge is 0.278 e. The van der Waals surface area contributed by atoms with Crippen molar-refractivity contribution >= 4 is 63.3 Å². The zero-order valence-corrected chi connectivity index (χ0v) is 18.5. The van der Waals surface area contributed by atoms with Crippen LogP contribution in [0.5, 0.6) is 5.75 Å². The Morgan fingerprint density at radius 3 is 2.72 bits per heavy atom. The molecule has 0 saturated heterocycles. The van der Waals surface area contributed by atoms with E-state index in [1.54, 1.807) is 53.2 Å². The van der Waals surface area contributed by atoms with Gasteiger partial charge in [-0.1, -0.05) is 40.9 Å². The molecular formula is C22H14Cl3N5O2. The lowest BCUT2D eigenvalue weighted by atomic mass is 10.2. The second-order valence-electron chi connectivity index (χ2n) is 6.99. The Morgan fingerprint density at radius 1 is 1.00 bits per heavy atom. The summed E-state index contributed by atoms with van der Waals surface area (Å²) in [6.45, 7) is 0.331. The van der Waals surface area contributed by atoms with Gasteiger partial charge in [0.1, 0.15) is 23.7 Å². The molecule has 0 unspecified atom stereocenters. The molecule has 0 aliphatic carbocycles. The number of aromatic amines is 1. The van der Waals surface area contributed by atoms with Crippen LogP contribution in [0.3, 0.4) is 0 Å². The summed E-state index contributed by atoms with van der Waals surface area (Å²) in [5, 5.41) is 4.26. The molecule has 0 bridgehead atoms. The minimum Gasteiger partial charge on any atom is -0.489 e. The number of nitrogens with zero attached hydrogens (tertiary/aromatic N) is 3. The Hall–Kier alpha value is -3.26. The van der Waals surface area contributed by atoms with Crippen molar-refractivity contribution in [2.24, 2.45) is 0 Å². The van der Waals surface area contributed by atoms with Crippen molar-refractivity contribution in [1.29, 1.82) is 0 Å². The van der Waals surface area contributed by atoms with Gasteiger partial charge in [-0.2, -0.15) is 0 Å². The maximum Gasteiger partial charge on any atom is 0.278 e. The van der Waals surface area contributed by atoms with Crippen LogP contribution in [0, 0.1) is 0 Å². The Labute approximate surface area is 196 Å². The molecule has 3 heterocycles. The molecule has 2 N–H and O–H groups in total. The van der Waals surface area contributed by atoms with Gasteiger partial charge in [0.25, 0.3) is 5.91 Å². The van der Waals surface area contributed by atoms with Gasteiger partial charge in [-0.3, -0.25) is 10.1 Å². The first-order valence-electron chi connectivity index (χ1n) is 9.47. The van der Waals surface area contributed by atoms with Gasteiger partial charge in [-0.25, -0.2) is 9.97 Å². The van der Waals surface area contributed by atoms with Crippen LogP contribution in [0.15, 0.2) is 60.9 Å². The minimum absolute atomic E-state index is 0.248. The van der Waals surface area contributed by atoms with Gasteiger partial charge in [0.2, 0.25) is 5.95 Å². The standard InChI is InChI=1S/C22H14Cl3N5O2/c23-13-2-6-20-26-19(10-30(20)9-13)21(31)29-22-27-17-5-3-14(8-18(17)28-22)32-11-12-1-4-15(24)16(25)7-12/h1-10H,11H2,(H2,27,28,29,31). The average molecular weight is 487 g/mol. The molecule has 2 aromatic carbocycles. The molecule has 3 aromatic heterocycles. The van der Waals surface area contributed by atoms with E-state index in [0.717, 1.165) is 5.56 Å². The van der Waals surface area contributed by atoms with Gasteiger partial charge in [0.05, 0.1) is 26.1 Å². The summed E-state index contributed by atoms with van der Waals surface area (Å²) in [6.07, 6.45) is 3.29. The fourth-order valence-corrected chi connectivity index (χ4v) is 3.67. The number of aromatic nitrogens is 4. The van der Waals surface area contributed by atoms with Crippen molar-refractivity contribution < 1.29 is 9.53 Å². The van der Waals surface area contributed by atoms with Gasteiger partial charge in [-0.15, -0.1) is 0 Å². The van der Waals surface area contributed by atoms with Crippen molar-refractivity contribution in [3.05, 3.63) is 87.2 Å². The first-order chi connectivity index (χ1) is 15.4. The van der Waals surface area contributed by atoms with Crippen molar-refractivity contribution in [3.63, 3.8) is 0 Å². The van der Waals surface area contributed by atoms with Crippen molar-refractivity contribution in [2.75, 3.05) is 5.32 Å². The number of hydrogen-bond acceptors (Lipinski definition) is 4. The zero-order chi connectivity index (χ0) is 22.2. The molecule has 7 nitrogen and oxygen atoms in total. The number of hydrogen-bond donors (Lipinski definition) is 2. The topological polar surface area (TPSA) is 84.3 Å². The number of fused-ring (bicyclic) bond motifs is 2. The lowest BCUT2D eigenvalue weighted by Crippen LogP contribution is -2.13. The Balaban J connectivity index is 1.30. The summed E-state index contributed by atoms with van der Waals surface area (Å²) in [7, 11) is 0. The number of ether oxygens (including phenoxy) is 1. The number of halogens is 3. The summed E-state index contributed by atoms with van der Waals surface area (Å²) in [4.78, 5) is 24.4. The molecule has 0 aliphatic heterocycles. The SMILES string of the molecule is O=C(Nc1nc2ccc(OCc3ccc(Cl)c(Cl)c3)cc2[nH]1)c1cn2cc(Cl)ccc2n1. The van der Waals surface area contributed by atoms with Gasteiger partial charge in [0.15, 0.2) is 0 Å². The molecule has 32 heavy (non-hydrogen) atoms. The molecular weight excluding hydrogens is 473 g/mol. The summed E-state index contributed by atoms with van der Waals surface area (Å²) in [5.41, 5.74) is 3.16. The summed E-state index contributed by atoms with van der Waals surface area (Å²) >= 11 is 18.0. The lowest BCUT2D eigenvalue weighted by molar-refractivity contribution is 0.102. The molecule has 0 saturated carbocycles. The van der Waals surface area contributed by atoms with Crippen LogP contribution in [-0.4, -0.2) is 25.3 Å². The molecule has 10 heteroatoms. The summed E-state index contributed by atoms with van der Waals surface area (Å²) in [5.74, 6) is 0.559. The number of benzene rings is 2. The highest BCUT2D eigenvalue weighted by atomic mass is 35.5. The summed E-state index contributed by atoms with van der Waals surface area (Å²) in [6, 6.07) is 14.2. The van der Waals surface area contributed by atoms with Crippen molar-refractivity contribution in [1.82, 2.24) is 19.4 Å². The molecule has 0 atom stereocenters. The van der Waals surface area contributed by atoms with E-state index in [9.17, 15) is 4.79 Å². The number of imidazole rings is 2. The number of carbonyl (C=O) groups is 1. The highest BCUT2D eigenvalue weighted by Gasteiger charge is 2.14. The van der Waals surface area contributed by atoms with E-state index in [1.807, 2.05) is 12.1 Å². The lowest BCUT2D eigenvalue weighted by Gasteiger charge is -2.07. The zero-order valence-electron chi connectivity index (χ0n) is 16.3. The monoisotopic (exact) mass is 485 g/mol. The highest BCUT2D eigenvalue weighted by Crippen LogP contribution is 2.25. The van der Waals surface area contributed by atoms with Crippen LogP contribution in [0.25, 0.3) is 16.7 Å². The van der Waals surface area contributed by atoms with Crippen LogP contribution in [0.1, 0.15) is 16.1 Å². The van der Waals surface area contributed by atoms with Gasteiger partial charge in [-0.05, 0) is 42.0 Å². The molecule has 5 aromatic rings. The predicted octanol–water partition coefficient (Wildman–Crippen LogP) is 6.00. The maximum absolute atomic E-state index is 12.6. The molecule has 0 fully saturated rings. The number of H-pyrrole nitrogens is 1. The fourth-order valence-electron chi connectivity index (χ4n) is 3.18. The van der Waals surface area contributed by atoms with Crippen LogP contribution < -0.4 is 10.1 Å². The van der Waals surface area contributed by atoms with E-state index in [-0.39, 0.29) is 11.6 Å². The predicted molar refractivity (Wildman–Crippen MR) is 125 cm³/mol. The number of carbonyl (C=O) groups excluding carboxylic acids is 1. The Bertz CT molecular complexity index is 1480. The fraction of sp³-hybridized carbons (Fsp3) is 0.0455. The van der Waals surface area contributed by atoms with Crippen LogP contribution >= 0.6 is 34.8 Å². The van der Waals surface area contributed by atoms with E-state index in [1.165, 1.54) is 0 Å². The van der Waals surface area contributed by atoms with E-state index >= 15 is 0 Å². The number of anilines is 1. The second-order valence-corrected chi connectivity index (χ2v) is 8.25. The number of amides is 1. The molecule has 0 spiro atoms. The van der Waals surface area contributed by atoms with Gasteiger partial charge < -0.3 is 14.1 Å². The van der Waals surface area contributed by atoms with Crippen LogP contribution in [0.2, 0.25) is 15.1 Å². The number of pyridine rings is 1. The van der Waals surface area contributed by atoms with E-state index in [0.29, 0.717) is 50.1 Å². The molecule has 0 radical (unpaired) electrons. The summed E-state index contributed by atoms with van der Waals surface area (Å²) < 4.78 is 7.53. The quantitative estimate of drug-likeness (QED) is 0.319. The molecule has 5 rings (SSSR count). The van der Waals surface area contributed by atoms with Crippen LogP contribution in [0.4, 0.5) is 5.95 Å². The van der Waals surface area contributed by atoms with Crippen molar-refractivity contribution in [3.8, 4) is 5.75 Å². The third-order valence-corrected chi connectivity index (χ3v) is 5.68. The number of rotatable bonds is 5. The maximum atomic E-state index is 12.6. The van der Waals surface area contributed by atoms with Crippen LogP contribution in [-0.2, 0) is 6.61 Å². The van der Waals surface area contributed by atoms with E-state index in [4.69, 9.17) is 39.5 Å². The van der Waals surface area contributed by atoms with Gasteiger partial charge >= 0.3 is 0 Å². The highest BCUT2D eigenvalue weighted by molar-refractivity contribution is 6.42. The van der Waals surface area contributed by atoms with E-state index < -0.39 is 0 Å². The molecule has 0 aliphatic rings. The third-order valence-electron chi connectivity index (χ3n) is 4.72. The first kappa shape index (κ1) is 20.6. The van der Waals surface area contributed by atoms with Crippen molar-refractivity contribution in [2.45, 2.75) is 6.61 Å². The second kappa shape index (κ2) is 8.35. The molecule has 1 amide bonds. The molecule has 160 valence electrons.